The standard InChI is InChI=1S/C10H12O3P.Li/c1-6-4-7(2)9(8(3)5-6)10(11)13-14-12;/h4-5,14H,1-3H3;/q2*+1. The molecular formula is C10H12LiO3P+2. The van der Waals surface area contributed by atoms with Crippen LogP contribution < -0.4 is 18.9 Å². The number of carbonyl (C=O) groups is 1. The van der Waals surface area contributed by atoms with E-state index < -0.39 is 14.7 Å². The average Bonchev–Trinajstić information content (AvgIpc) is 2.01. The normalized spacial score (nSPS) is 9.53. The summed E-state index contributed by atoms with van der Waals surface area (Å²) in [5, 5.41) is 0. The molecule has 15 heavy (non-hydrogen) atoms. The van der Waals surface area contributed by atoms with Crippen LogP contribution in [0.1, 0.15) is 27.0 Å². The summed E-state index contributed by atoms with van der Waals surface area (Å²) in [5.74, 6) is -0.520. The minimum atomic E-state index is -1.05. The molecule has 3 nitrogen and oxygen atoms in total. The zero-order valence-corrected chi connectivity index (χ0v) is 10.4. The van der Waals surface area contributed by atoms with Gasteiger partial charge in [-0.15, -0.1) is 0 Å². The van der Waals surface area contributed by atoms with Gasteiger partial charge in [-0.1, -0.05) is 17.7 Å². The van der Waals surface area contributed by atoms with Gasteiger partial charge in [0, 0.05) is 0 Å². The molecule has 0 aliphatic heterocycles. The van der Waals surface area contributed by atoms with Gasteiger partial charge in [-0.05, 0) is 36.5 Å². The molecule has 0 fully saturated rings. The van der Waals surface area contributed by atoms with Gasteiger partial charge in [-0.2, -0.15) is 0 Å². The van der Waals surface area contributed by atoms with E-state index in [1.165, 1.54) is 0 Å². The summed E-state index contributed by atoms with van der Waals surface area (Å²) >= 11 is 0. The minimum absolute atomic E-state index is 0. The van der Waals surface area contributed by atoms with Gasteiger partial charge in [0.25, 0.3) is 0 Å². The fourth-order valence-electron chi connectivity index (χ4n) is 1.59. The summed E-state index contributed by atoms with van der Waals surface area (Å²) in [7, 11) is -1.05. The molecule has 1 rings (SSSR count). The van der Waals surface area contributed by atoms with E-state index in [1.807, 2.05) is 32.9 Å². The van der Waals surface area contributed by atoms with Crippen molar-refractivity contribution < 1.29 is 32.7 Å². The number of benzene rings is 1. The van der Waals surface area contributed by atoms with Gasteiger partial charge < -0.3 is 0 Å². The van der Waals surface area contributed by atoms with Crippen molar-refractivity contribution in [3.8, 4) is 0 Å². The van der Waals surface area contributed by atoms with Gasteiger partial charge in [0.05, 0.1) is 5.56 Å². The second kappa shape index (κ2) is 6.08. The van der Waals surface area contributed by atoms with Crippen molar-refractivity contribution in [3.63, 3.8) is 0 Å². The van der Waals surface area contributed by atoms with Crippen molar-refractivity contribution in [1.29, 1.82) is 0 Å². The van der Waals surface area contributed by atoms with Crippen LogP contribution in [0.2, 0.25) is 0 Å². The number of rotatable bonds is 2. The number of hydrogen-bond acceptors (Lipinski definition) is 3. The van der Waals surface area contributed by atoms with Crippen LogP contribution in [-0.2, 0) is 9.09 Å². The van der Waals surface area contributed by atoms with Crippen LogP contribution in [0, 0.1) is 20.8 Å². The molecule has 0 spiro atoms. The predicted octanol–water partition coefficient (Wildman–Crippen LogP) is -0.288. The first-order valence-electron chi connectivity index (χ1n) is 4.22. The Hall–Kier alpha value is -0.613. The van der Waals surface area contributed by atoms with Crippen LogP contribution in [-0.4, -0.2) is 5.97 Å². The molecule has 1 aromatic rings. The average molecular weight is 218 g/mol. The van der Waals surface area contributed by atoms with Crippen molar-refractivity contribution in [3.05, 3.63) is 34.4 Å². The summed E-state index contributed by atoms with van der Waals surface area (Å²) in [6.07, 6.45) is 0. The number of aryl methyl sites for hydroxylation is 3. The molecule has 0 radical (unpaired) electrons. The van der Waals surface area contributed by atoms with E-state index in [1.54, 1.807) is 0 Å². The van der Waals surface area contributed by atoms with Gasteiger partial charge in [0.1, 0.15) is 0 Å². The SMILES string of the molecule is Cc1cc(C)c(C(=O)O[PH+]=O)c(C)c1.[Li+]. The smallest absolute Gasteiger partial charge is 0.241 e. The number of hydrogen-bond donors (Lipinski definition) is 0. The third-order valence-electron chi connectivity index (χ3n) is 2.02. The molecule has 0 amide bonds. The second-order valence-electron chi connectivity index (χ2n) is 3.25. The quantitative estimate of drug-likeness (QED) is 0.506. The maximum Gasteiger partial charge on any atom is 1.00 e. The van der Waals surface area contributed by atoms with Crippen LogP contribution >= 0.6 is 8.69 Å². The zero-order chi connectivity index (χ0) is 10.7. The van der Waals surface area contributed by atoms with E-state index in [2.05, 4.69) is 4.52 Å². The maximum atomic E-state index is 11.4. The molecule has 0 aliphatic rings. The summed E-state index contributed by atoms with van der Waals surface area (Å²) in [6, 6.07) is 3.80. The predicted molar refractivity (Wildman–Crippen MR) is 55.1 cm³/mol. The van der Waals surface area contributed by atoms with Crippen molar-refractivity contribution >= 4 is 14.7 Å². The fourth-order valence-corrected chi connectivity index (χ4v) is 1.77. The molecule has 0 N–H and O–H groups in total. The van der Waals surface area contributed by atoms with Crippen molar-refractivity contribution in [2.24, 2.45) is 0 Å². The van der Waals surface area contributed by atoms with E-state index in [0.29, 0.717) is 5.56 Å². The molecule has 0 saturated heterocycles. The number of carbonyl (C=O) groups excluding carboxylic acids is 1. The topological polar surface area (TPSA) is 43.4 Å². The Morgan fingerprint density at radius 1 is 1.20 bits per heavy atom. The minimum Gasteiger partial charge on any atom is -0.241 e. The van der Waals surface area contributed by atoms with E-state index in [4.69, 9.17) is 0 Å². The third kappa shape index (κ3) is 3.46. The van der Waals surface area contributed by atoms with Crippen LogP contribution in [0.4, 0.5) is 0 Å². The first-order chi connectivity index (χ1) is 6.56. The van der Waals surface area contributed by atoms with Crippen molar-refractivity contribution in [2.75, 3.05) is 0 Å². The molecule has 0 aromatic heterocycles. The van der Waals surface area contributed by atoms with Crippen molar-refractivity contribution in [1.82, 2.24) is 0 Å². The first kappa shape index (κ1) is 14.4. The van der Waals surface area contributed by atoms with Gasteiger partial charge in [0.2, 0.25) is 0 Å². The monoisotopic (exact) mass is 218 g/mol. The van der Waals surface area contributed by atoms with E-state index in [9.17, 15) is 9.36 Å². The Kier molecular flexibility index (Phi) is 5.83. The molecule has 1 unspecified atom stereocenters. The Morgan fingerprint density at radius 3 is 2.07 bits per heavy atom. The van der Waals surface area contributed by atoms with Crippen LogP contribution in [0.3, 0.4) is 0 Å². The van der Waals surface area contributed by atoms with Gasteiger partial charge >= 0.3 is 33.5 Å². The van der Waals surface area contributed by atoms with Crippen LogP contribution in [0.5, 0.6) is 0 Å². The molecule has 0 heterocycles. The summed E-state index contributed by atoms with van der Waals surface area (Å²) in [6.45, 7) is 5.64. The Morgan fingerprint density at radius 2 is 1.67 bits per heavy atom. The molecule has 74 valence electrons. The largest absolute Gasteiger partial charge is 1.00 e. The Bertz CT molecular complexity index is 367. The molecular weight excluding hydrogens is 206 g/mol. The third-order valence-corrected chi connectivity index (χ3v) is 2.28. The summed E-state index contributed by atoms with van der Waals surface area (Å²) in [5.41, 5.74) is 3.32. The summed E-state index contributed by atoms with van der Waals surface area (Å²) < 4.78 is 14.7. The molecule has 0 bridgehead atoms. The van der Waals surface area contributed by atoms with Crippen molar-refractivity contribution in [2.45, 2.75) is 20.8 Å². The second-order valence-corrected chi connectivity index (χ2v) is 3.62. The molecule has 0 aliphatic carbocycles. The maximum absolute atomic E-state index is 11.4. The molecule has 0 saturated carbocycles. The Balaban J connectivity index is 0.00000196. The van der Waals surface area contributed by atoms with E-state index in [0.717, 1.165) is 16.7 Å². The van der Waals surface area contributed by atoms with Gasteiger partial charge in [-0.3, -0.25) is 0 Å². The van der Waals surface area contributed by atoms with E-state index in [-0.39, 0.29) is 18.9 Å². The fraction of sp³-hybridized carbons (Fsp3) is 0.300. The zero-order valence-electron chi connectivity index (χ0n) is 9.38. The summed E-state index contributed by atoms with van der Waals surface area (Å²) in [4.78, 5) is 11.4. The molecule has 5 heteroatoms. The van der Waals surface area contributed by atoms with Crippen LogP contribution in [0.15, 0.2) is 12.1 Å². The van der Waals surface area contributed by atoms with Gasteiger partial charge in [-0.25, -0.2) is 9.32 Å². The molecule has 1 atom stereocenters. The Labute approximate surface area is 103 Å². The van der Waals surface area contributed by atoms with Gasteiger partial charge in [0.15, 0.2) is 0 Å². The molecule has 1 aromatic carbocycles. The van der Waals surface area contributed by atoms with Crippen LogP contribution in [0.25, 0.3) is 0 Å². The van der Waals surface area contributed by atoms with E-state index >= 15 is 0 Å². The first-order valence-corrected chi connectivity index (χ1v) is 5.04.